The van der Waals surface area contributed by atoms with Crippen molar-refractivity contribution in [1.82, 2.24) is 0 Å². The van der Waals surface area contributed by atoms with Gasteiger partial charge in [0.25, 0.3) is 0 Å². The summed E-state index contributed by atoms with van der Waals surface area (Å²) >= 11 is 0. The lowest BCUT2D eigenvalue weighted by molar-refractivity contribution is 0.0307. The van der Waals surface area contributed by atoms with Crippen LogP contribution in [-0.2, 0) is 4.74 Å². The molecular weight excluding hydrogens is 320 g/mol. The number of ether oxygens (including phenoxy) is 2. The van der Waals surface area contributed by atoms with E-state index < -0.39 is 5.97 Å². The van der Waals surface area contributed by atoms with Gasteiger partial charge in [0.15, 0.2) is 0 Å². The third-order valence-electron chi connectivity index (χ3n) is 4.30. The predicted octanol–water partition coefficient (Wildman–Crippen LogP) is 4.06. The van der Waals surface area contributed by atoms with Crippen molar-refractivity contribution in [2.75, 3.05) is 6.61 Å². The SMILES string of the molecule is CCOc1cc(O)c2c(c1)/C=C/CCC[C@@H](O)CCC[C@H](C)OC2=O. The van der Waals surface area contributed by atoms with Gasteiger partial charge in [-0.15, -0.1) is 0 Å². The number of cyclic esters (lactones) is 1. The van der Waals surface area contributed by atoms with Crippen molar-refractivity contribution in [2.24, 2.45) is 0 Å². The lowest BCUT2D eigenvalue weighted by Crippen LogP contribution is -2.17. The summed E-state index contributed by atoms with van der Waals surface area (Å²) in [5.74, 6) is -0.156. The Morgan fingerprint density at radius 2 is 2.00 bits per heavy atom. The van der Waals surface area contributed by atoms with E-state index in [1.54, 1.807) is 6.07 Å². The highest BCUT2D eigenvalue weighted by molar-refractivity contribution is 5.97. The van der Waals surface area contributed by atoms with Crippen LogP contribution in [0.15, 0.2) is 18.2 Å². The molecule has 0 saturated heterocycles. The second-order valence-corrected chi connectivity index (χ2v) is 6.47. The van der Waals surface area contributed by atoms with E-state index in [0.717, 1.165) is 25.7 Å². The molecule has 5 heteroatoms. The van der Waals surface area contributed by atoms with Gasteiger partial charge >= 0.3 is 5.97 Å². The summed E-state index contributed by atoms with van der Waals surface area (Å²) in [4.78, 5) is 12.5. The minimum absolute atomic E-state index is 0.134. The number of rotatable bonds is 2. The number of carbonyl (C=O) groups excluding carboxylic acids is 1. The van der Waals surface area contributed by atoms with Gasteiger partial charge in [0.1, 0.15) is 17.1 Å². The minimum atomic E-state index is -0.537. The van der Waals surface area contributed by atoms with E-state index >= 15 is 0 Å². The van der Waals surface area contributed by atoms with Crippen LogP contribution in [0.1, 0.15) is 68.3 Å². The number of hydrogen-bond acceptors (Lipinski definition) is 5. The van der Waals surface area contributed by atoms with Crippen LogP contribution in [0.25, 0.3) is 6.08 Å². The van der Waals surface area contributed by atoms with Crippen LogP contribution in [0.5, 0.6) is 11.5 Å². The molecule has 25 heavy (non-hydrogen) atoms. The minimum Gasteiger partial charge on any atom is -0.507 e. The smallest absolute Gasteiger partial charge is 0.342 e. The molecule has 0 bridgehead atoms. The maximum Gasteiger partial charge on any atom is 0.342 e. The molecule has 1 aliphatic rings. The summed E-state index contributed by atoms with van der Waals surface area (Å²) in [5.41, 5.74) is 0.752. The molecule has 138 valence electrons. The summed E-state index contributed by atoms with van der Waals surface area (Å²) in [7, 11) is 0. The molecule has 0 saturated carbocycles. The van der Waals surface area contributed by atoms with E-state index in [1.807, 2.05) is 26.0 Å². The van der Waals surface area contributed by atoms with Gasteiger partial charge in [-0.05, 0) is 64.0 Å². The van der Waals surface area contributed by atoms with Crippen LogP contribution >= 0.6 is 0 Å². The Labute approximate surface area is 149 Å². The first-order chi connectivity index (χ1) is 12.0. The molecule has 0 radical (unpaired) electrons. The zero-order valence-electron chi connectivity index (χ0n) is 15.0. The number of phenols is 1. The molecule has 0 aliphatic carbocycles. The Bertz CT molecular complexity index is 608. The standard InChI is InChI=1S/C20H28O5/c1-3-24-17-12-15-9-5-4-6-10-16(21)11-7-8-14(2)25-20(23)19(15)18(22)13-17/h5,9,12-14,16,21-22H,3-4,6-8,10-11H2,1-2H3/b9-5+/t14-,16+/m0/s1. The second-order valence-electron chi connectivity index (χ2n) is 6.47. The average molecular weight is 348 g/mol. The van der Waals surface area contributed by atoms with Crippen molar-refractivity contribution in [1.29, 1.82) is 0 Å². The van der Waals surface area contributed by atoms with E-state index in [4.69, 9.17) is 9.47 Å². The summed E-state index contributed by atoms with van der Waals surface area (Å²) in [6.45, 7) is 4.17. The topological polar surface area (TPSA) is 76.0 Å². The first kappa shape index (κ1) is 19.3. The Balaban J connectivity index is 2.33. The molecule has 2 atom stereocenters. The zero-order valence-corrected chi connectivity index (χ0v) is 15.0. The summed E-state index contributed by atoms with van der Waals surface area (Å²) in [5, 5.41) is 20.3. The van der Waals surface area contributed by atoms with Crippen molar-refractivity contribution in [3.63, 3.8) is 0 Å². The highest BCUT2D eigenvalue weighted by atomic mass is 16.5. The Morgan fingerprint density at radius 3 is 2.76 bits per heavy atom. The fourth-order valence-corrected chi connectivity index (χ4v) is 2.99. The fraction of sp³-hybridized carbons (Fsp3) is 0.550. The van der Waals surface area contributed by atoms with Crippen LogP contribution in [0, 0.1) is 0 Å². The van der Waals surface area contributed by atoms with Crippen molar-refractivity contribution in [3.8, 4) is 11.5 Å². The number of hydrogen-bond donors (Lipinski definition) is 2. The van der Waals surface area contributed by atoms with E-state index in [2.05, 4.69) is 0 Å². The monoisotopic (exact) mass is 348 g/mol. The van der Waals surface area contributed by atoms with Crippen LogP contribution in [0.4, 0.5) is 0 Å². The Morgan fingerprint density at radius 1 is 1.24 bits per heavy atom. The number of allylic oxidation sites excluding steroid dienone is 1. The summed E-state index contributed by atoms with van der Waals surface area (Å²) in [6, 6.07) is 3.18. The first-order valence-corrected chi connectivity index (χ1v) is 9.06. The molecule has 0 fully saturated rings. The summed E-state index contributed by atoms with van der Waals surface area (Å²) in [6.07, 6.45) is 7.81. The number of fused-ring (bicyclic) bond motifs is 1. The van der Waals surface area contributed by atoms with Gasteiger partial charge in [-0.25, -0.2) is 4.79 Å². The number of aliphatic hydroxyl groups is 1. The number of benzene rings is 1. The number of esters is 1. The molecule has 2 N–H and O–H groups in total. The van der Waals surface area contributed by atoms with Gasteiger partial charge in [-0.3, -0.25) is 0 Å². The predicted molar refractivity (Wildman–Crippen MR) is 96.9 cm³/mol. The quantitative estimate of drug-likeness (QED) is 0.788. The number of aromatic hydroxyl groups is 1. The largest absolute Gasteiger partial charge is 0.507 e. The highest BCUT2D eigenvalue weighted by Crippen LogP contribution is 2.30. The molecule has 0 spiro atoms. The second kappa shape index (κ2) is 9.47. The molecule has 0 unspecified atom stereocenters. The van der Waals surface area contributed by atoms with E-state index in [9.17, 15) is 15.0 Å². The molecule has 1 aromatic carbocycles. The number of phenolic OH excluding ortho intramolecular Hbond substituents is 1. The Kier molecular flexibility index (Phi) is 7.31. The molecule has 1 aliphatic heterocycles. The van der Waals surface area contributed by atoms with Crippen molar-refractivity contribution >= 4 is 12.0 Å². The number of carbonyl (C=O) groups is 1. The zero-order chi connectivity index (χ0) is 18.2. The first-order valence-electron chi connectivity index (χ1n) is 9.06. The third-order valence-corrected chi connectivity index (χ3v) is 4.30. The number of aliphatic hydroxyl groups excluding tert-OH is 1. The van der Waals surface area contributed by atoms with Crippen LogP contribution in [-0.4, -0.2) is 35.0 Å². The molecule has 5 nitrogen and oxygen atoms in total. The third kappa shape index (κ3) is 5.78. The van der Waals surface area contributed by atoms with Crippen molar-refractivity contribution in [2.45, 2.75) is 64.6 Å². The molecule has 1 heterocycles. The van der Waals surface area contributed by atoms with Crippen LogP contribution in [0.3, 0.4) is 0 Å². The molecule has 2 rings (SSSR count). The normalized spacial score (nSPS) is 23.9. The molecule has 0 aromatic heterocycles. The van der Waals surface area contributed by atoms with Gasteiger partial charge < -0.3 is 19.7 Å². The molecular formula is C20H28O5. The lowest BCUT2D eigenvalue weighted by atomic mass is 10.0. The van der Waals surface area contributed by atoms with Crippen LogP contribution in [0.2, 0.25) is 0 Å². The summed E-state index contributed by atoms with van der Waals surface area (Å²) < 4.78 is 10.9. The fourth-order valence-electron chi connectivity index (χ4n) is 2.99. The maximum absolute atomic E-state index is 12.5. The molecule has 0 amide bonds. The average Bonchev–Trinajstić information content (AvgIpc) is 2.53. The Hall–Kier alpha value is -2.01. The van der Waals surface area contributed by atoms with E-state index in [-0.39, 0.29) is 23.5 Å². The lowest BCUT2D eigenvalue weighted by Gasteiger charge is -2.17. The molecule has 1 aromatic rings. The van der Waals surface area contributed by atoms with Gasteiger partial charge in [0, 0.05) is 6.07 Å². The van der Waals surface area contributed by atoms with Crippen molar-refractivity contribution in [3.05, 3.63) is 29.3 Å². The van der Waals surface area contributed by atoms with Gasteiger partial charge in [0.2, 0.25) is 0 Å². The van der Waals surface area contributed by atoms with Gasteiger partial charge in [0.05, 0.1) is 18.8 Å². The van der Waals surface area contributed by atoms with Crippen LogP contribution < -0.4 is 4.74 Å². The van der Waals surface area contributed by atoms with E-state index in [1.165, 1.54) is 6.07 Å². The van der Waals surface area contributed by atoms with Crippen molar-refractivity contribution < 1.29 is 24.5 Å². The van der Waals surface area contributed by atoms with E-state index in [0.29, 0.717) is 30.8 Å². The maximum atomic E-state index is 12.5. The van der Waals surface area contributed by atoms with Gasteiger partial charge in [-0.2, -0.15) is 0 Å². The highest BCUT2D eigenvalue weighted by Gasteiger charge is 2.21. The van der Waals surface area contributed by atoms with Gasteiger partial charge in [-0.1, -0.05) is 12.2 Å².